The molecule has 0 saturated carbocycles. The molecule has 1 N–H and O–H groups in total. The largest absolute Gasteiger partial charge is 0.619 e. The fraction of sp³-hybridized carbons (Fsp3) is 0.222. The van der Waals surface area contributed by atoms with E-state index in [1.54, 1.807) is 12.1 Å². The fourth-order valence-corrected chi connectivity index (χ4v) is 2.01. The number of pyridine rings is 1. The number of anilines is 1. The molecule has 2 amide bonds. The number of nitrogens with zero attached hydrogens (tertiary/aromatic N) is 2. The van der Waals surface area contributed by atoms with E-state index in [1.807, 2.05) is 19.1 Å². The Hall–Kier alpha value is -3.42. The van der Waals surface area contributed by atoms with Gasteiger partial charge < -0.3 is 20.2 Å². The first kappa shape index (κ1) is 18.9. The van der Waals surface area contributed by atoms with E-state index in [-0.39, 0.29) is 18.0 Å². The number of nitrogens with one attached hydrogen (secondary N) is 1. The first-order valence-electron chi connectivity index (χ1n) is 7.81. The standard InChI is InChI=1S/C18H19N3O5/c1-13-3-5-15(6-4-13)19-16(22)11-20(2)17(23)12-26-18(24)14-7-9-21(25)10-8-14/h3-10H,11-12H2,1-2H3,(H,19,22). The zero-order valence-corrected chi connectivity index (χ0v) is 14.5. The molecule has 0 bridgehead atoms. The molecule has 8 nitrogen and oxygen atoms in total. The van der Waals surface area contributed by atoms with Gasteiger partial charge >= 0.3 is 5.97 Å². The summed E-state index contributed by atoms with van der Waals surface area (Å²) in [5.41, 5.74) is 1.86. The number of aryl methyl sites for hydroxylation is 1. The lowest BCUT2D eigenvalue weighted by atomic mass is 10.2. The summed E-state index contributed by atoms with van der Waals surface area (Å²) in [7, 11) is 1.44. The van der Waals surface area contributed by atoms with Gasteiger partial charge in [-0.1, -0.05) is 17.7 Å². The smallest absolute Gasteiger partial charge is 0.339 e. The third-order valence-electron chi connectivity index (χ3n) is 3.51. The van der Waals surface area contributed by atoms with E-state index in [4.69, 9.17) is 4.74 Å². The monoisotopic (exact) mass is 357 g/mol. The molecule has 0 unspecified atom stereocenters. The Labute approximate surface area is 150 Å². The molecule has 0 atom stereocenters. The summed E-state index contributed by atoms with van der Waals surface area (Å²) in [5, 5.41) is 13.6. The van der Waals surface area contributed by atoms with Crippen molar-refractivity contribution in [3.05, 3.63) is 65.1 Å². The minimum absolute atomic E-state index is 0.157. The average Bonchev–Trinajstić information content (AvgIpc) is 2.61. The third-order valence-corrected chi connectivity index (χ3v) is 3.51. The SMILES string of the molecule is Cc1ccc(NC(=O)CN(C)C(=O)COC(=O)c2cc[n+]([O-])cc2)cc1. The van der Waals surface area contributed by atoms with Gasteiger partial charge in [0, 0.05) is 24.9 Å². The Balaban J connectivity index is 1.79. The number of likely N-dealkylation sites (N-methyl/N-ethyl adjacent to an activating group) is 1. The van der Waals surface area contributed by atoms with Crippen LogP contribution in [0.25, 0.3) is 0 Å². The highest BCUT2D eigenvalue weighted by Crippen LogP contribution is 2.08. The van der Waals surface area contributed by atoms with Crippen molar-refractivity contribution in [2.24, 2.45) is 0 Å². The summed E-state index contributed by atoms with van der Waals surface area (Å²) < 4.78 is 5.42. The maximum absolute atomic E-state index is 12.0. The van der Waals surface area contributed by atoms with E-state index in [9.17, 15) is 19.6 Å². The van der Waals surface area contributed by atoms with Crippen molar-refractivity contribution >= 4 is 23.5 Å². The minimum Gasteiger partial charge on any atom is -0.619 e. The number of amides is 2. The van der Waals surface area contributed by atoms with E-state index in [1.165, 1.54) is 19.2 Å². The molecule has 0 fully saturated rings. The van der Waals surface area contributed by atoms with Crippen molar-refractivity contribution < 1.29 is 23.9 Å². The van der Waals surface area contributed by atoms with Crippen LogP contribution < -0.4 is 10.0 Å². The molecule has 0 radical (unpaired) electrons. The zero-order chi connectivity index (χ0) is 19.1. The molecule has 8 heteroatoms. The normalized spacial score (nSPS) is 10.1. The Morgan fingerprint density at radius 2 is 1.73 bits per heavy atom. The predicted molar refractivity (Wildman–Crippen MR) is 93.1 cm³/mol. The first-order valence-corrected chi connectivity index (χ1v) is 7.81. The van der Waals surface area contributed by atoms with Gasteiger partial charge in [-0.3, -0.25) is 9.59 Å². The number of ether oxygens (including phenoxy) is 1. The van der Waals surface area contributed by atoms with Crippen LogP contribution in [0.15, 0.2) is 48.8 Å². The summed E-state index contributed by atoms with van der Waals surface area (Å²) in [5.74, 6) is -1.61. The molecule has 0 aliphatic rings. The molecule has 0 aliphatic heterocycles. The molecule has 1 aromatic carbocycles. The zero-order valence-electron chi connectivity index (χ0n) is 14.5. The number of hydrogen-bond donors (Lipinski definition) is 1. The molecule has 1 aromatic heterocycles. The van der Waals surface area contributed by atoms with E-state index in [2.05, 4.69) is 5.32 Å². The summed E-state index contributed by atoms with van der Waals surface area (Å²) >= 11 is 0. The highest BCUT2D eigenvalue weighted by Gasteiger charge is 2.16. The molecule has 26 heavy (non-hydrogen) atoms. The molecule has 0 aliphatic carbocycles. The quantitative estimate of drug-likeness (QED) is 0.470. The van der Waals surface area contributed by atoms with Crippen LogP contribution in [0, 0.1) is 12.1 Å². The number of carbonyl (C=O) groups is 3. The van der Waals surface area contributed by atoms with Crippen LogP contribution >= 0.6 is 0 Å². The number of hydrogen-bond acceptors (Lipinski definition) is 5. The summed E-state index contributed by atoms with van der Waals surface area (Å²) in [4.78, 5) is 36.9. The van der Waals surface area contributed by atoms with Crippen molar-refractivity contribution in [1.29, 1.82) is 0 Å². The van der Waals surface area contributed by atoms with Crippen molar-refractivity contribution in [1.82, 2.24) is 4.90 Å². The van der Waals surface area contributed by atoms with Crippen molar-refractivity contribution in [3.63, 3.8) is 0 Å². The van der Waals surface area contributed by atoms with Gasteiger partial charge in [0.05, 0.1) is 12.1 Å². The van der Waals surface area contributed by atoms with Gasteiger partial charge in [0.15, 0.2) is 19.0 Å². The number of aromatic nitrogens is 1. The predicted octanol–water partition coefficient (Wildman–Crippen LogP) is 0.882. The fourth-order valence-electron chi connectivity index (χ4n) is 2.01. The molecule has 2 rings (SSSR count). The number of carbonyl (C=O) groups excluding carboxylic acids is 3. The second-order valence-corrected chi connectivity index (χ2v) is 5.69. The van der Waals surface area contributed by atoms with Crippen molar-refractivity contribution in [2.45, 2.75) is 6.92 Å². The van der Waals surface area contributed by atoms with Gasteiger partial charge in [-0.25, -0.2) is 4.79 Å². The van der Waals surface area contributed by atoms with Crippen LogP contribution in [0.2, 0.25) is 0 Å². The highest BCUT2D eigenvalue weighted by atomic mass is 16.5. The lowest BCUT2D eigenvalue weighted by molar-refractivity contribution is -0.605. The lowest BCUT2D eigenvalue weighted by Gasteiger charge is -2.16. The second-order valence-electron chi connectivity index (χ2n) is 5.69. The number of benzene rings is 1. The molecular weight excluding hydrogens is 338 g/mol. The molecule has 2 aromatic rings. The lowest BCUT2D eigenvalue weighted by Crippen LogP contribution is -2.37. The van der Waals surface area contributed by atoms with Crippen molar-refractivity contribution in [3.8, 4) is 0 Å². The third kappa shape index (κ3) is 5.59. The van der Waals surface area contributed by atoms with E-state index < -0.39 is 18.5 Å². The second kappa shape index (κ2) is 8.61. The molecular formula is C18H19N3O5. The number of esters is 1. The van der Waals surface area contributed by atoms with E-state index >= 15 is 0 Å². The van der Waals surface area contributed by atoms with Gasteiger partial charge in [-0.05, 0) is 19.1 Å². The maximum Gasteiger partial charge on any atom is 0.339 e. The van der Waals surface area contributed by atoms with Crippen LogP contribution in [0.1, 0.15) is 15.9 Å². The molecule has 0 spiro atoms. The van der Waals surface area contributed by atoms with Gasteiger partial charge in [-0.15, -0.1) is 0 Å². The van der Waals surface area contributed by atoms with Crippen LogP contribution in [-0.4, -0.2) is 42.9 Å². The Morgan fingerprint density at radius 1 is 1.12 bits per heavy atom. The summed E-state index contributed by atoms with van der Waals surface area (Å²) in [6.07, 6.45) is 2.31. The minimum atomic E-state index is -0.726. The van der Waals surface area contributed by atoms with Gasteiger partial charge in [-0.2, -0.15) is 4.73 Å². The summed E-state index contributed by atoms with van der Waals surface area (Å²) in [6.45, 7) is 1.26. The highest BCUT2D eigenvalue weighted by molar-refractivity contribution is 5.95. The van der Waals surface area contributed by atoms with Crippen LogP contribution in [0.5, 0.6) is 0 Å². The van der Waals surface area contributed by atoms with Crippen LogP contribution in [0.4, 0.5) is 5.69 Å². The number of rotatable bonds is 6. The topological polar surface area (TPSA) is 103 Å². The van der Waals surface area contributed by atoms with E-state index in [0.717, 1.165) is 22.9 Å². The molecule has 136 valence electrons. The molecule has 1 heterocycles. The summed E-state index contributed by atoms with van der Waals surface area (Å²) in [6, 6.07) is 9.84. The Morgan fingerprint density at radius 3 is 2.35 bits per heavy atom. The average molecular weight is 357 g/mol. The maximum atomic E-state index is 12.0. The van der Waals surface area contributed by atoms with Crippen molar-refractivity contribution in [2.75, 3.05) is 25.5 Å². The van der Waals surface area contributed by atoms with Gasteiger partial charge in [0.25, 0.3) is 5.91 Å². The Bertz CT molecular complexity index is 787. The first-order chi connectivity index (χ1) is 12.3. The van der Waals surface area contributed by atoms with E-state index in [0.29, 0.717) is 10.4 Å². The Kier molecular flexibility index (Phi) is 6.26. The van der Waals surface area contributed by atoms with Crippen LogP contribution in [-0.2, 0) is 14.3 Å². The molecule has 0 saturated heterocycles. The van der Waals surface area contributed by atoms with Gasteiger partial charge in [0.2, 0.25) is 5.91 Å². The van der Waals surface area contributed by atoms with Gasteiger partial charge in [0.1, 0.15) is 0 Å². The van der Waals surface area contributed by atoms with Crippen LogP contribution in [0.3, 0.4) is 0 Å².